The number of hydrogen-bond donors (Lipinski definition) is 1. The van der Waals surface area contributed by atoms with Crippen LogP contribution in [0.3, 0.4) is 0 Å². The molecule has 0 radical (unpaired) electrons. The lowest BCUT2D eigenvalue weighted by Gasteiger charge is -2.40. The molecule has 2 aliphatic rings. The fraction of sp³-hybridized carbons (Fsp3) is 0.733. The first kappa shape index (κ1) is 13.5. The Kier molecular flexibility index (Phi) is 4.20. The molecule has 1 aromatic heterocycles. The van der Waals surface area contributed by atoms with Gasteiger partial charge < -0.3 is 14.5 Å². The van der Waals surface area contributed by atoms with Crippen LogP contribution in [-0.4, -0.2) is 30.3 Å². The van der Waals surface area contributed by atoms with Crippen LogP contribution in [0.5, 0.6) is 0 Å². The third-order valence-corrected chi connectivity index (χ3v) is 5.57. The van der Waals surface area contributed by atoms with Crippen molar-refractivity contribution in [3.05, 3.63) is 24.2 Å². The summed E-state index contributed by atoms with van der Waals surface area (Å²) in [7, 11) is 0. The molecule has 0 bridgehead atoms. The van der Waals surface area contributed by atoms with Crippen molar-refractivity contribution in [2.45, 2.75) is 37.8 Å². The second-order valence-electron chi connectivity index (χ2n) is 5.64. The number of ether oxygens (including phenoxy) is 1. The van der Waals surface area contributed by atoms with Crippen molar-refractivity contribution >= 4 is 11.8 Å². The highest BCUT2D eigenvalue weighted by atomic mass is 32.2. The Balaban J connectivity index is 1.74. The monoisotopic (exact) mass is 281 g/mol. The van der Waals surface area contributed by atoms with E-state index in [9.17, 15) is 0 Å². The van der Waals surface area contributed by atoms with Crippen LogP contribution in [0.4, 0.5) is 0 Å². The van der Waals surface area contributed by atoms with E-state index in [-0.39, 0.29) is 5.60 Å². The molecule has 3 rings (SSSR count). The van der Waals surface area contributed by atoms with Gasteiger partial charge >= 0.3 is 0 Å². The maximum atomic E-state index is 6.12. The molecule has 2 fully saturated rings. The van der Waals surface area contributed by atoms with Crippen LogP contribution >= 0.6 is 11.8 Å². The Morgan fingerprint density at radius 1 is 1.58 bits per heavy atom. The van der Waals surface area contributed by atoms with Gasteiger partial charge in [0.15, 0.2) is 0 Å². The van der Waals surface area contributed by atoms with Crippen molar-refractivity contribution < 1.29 is 9.15 Å². The van der Waals surface area contributed by atoms with Gasteiger partial charge in [0.1, 0.15) is 5.76 Å². The minimum Gasteiger partial charge on any atom is -0.468 e. The summed E-state index contributed by atoms with van der Waals surface area (Å²) in [6.45, 7) is 4.04. The van der Waals surface area contributed by atoms with E-state index in [0.29, 0.717) is 12.0 Å². The van der Waals surface area contributed by atoms with Crippen molar-refractivity contribution in [1.82, 2.24) is 5.32 Å². The number of nitrogens with one attached hydrogen (secondary N) is 1. The molecule has 0 saturated carbocycles. The van der Waals surface area contributed by atoms with E-state index < -0.39 is 0 Å². The predicted molar refractivity (Wildman–Crippen MR) is 78.5 cm³/mol. The summed E-state index contributed by atoms with van der Waals surface area (Å²) in [6.07, 6.45) is 5.29. The van der Waals surface area contributed by atoms with Gasteiger partial charge in [0, 0.05) is 12.4 Å². The molecule has 1 aromatic rings. The van der Waals surface area contributed by atoms with Gasteiger partial charge in [0.25, 0.3) is 0 Å². The summed E-state index contributed by atoms with van der Waals surface area (Å²) in [6, 6.07) is 4.42. The second kappa shape index (κ2) is 5.90. The molecular formula is C15H23NO2S. The zero-order valence-corrected chi connectivity index (χ0v) is 12.4. The van der Waals surface area contributed by atoms with E-state index in [1.807, 2.05) is 17.8 Å². The van der Waals surface area contributed by atoms with E-state index >= 15 is 0 Å². The first-order valence-electron chi connectivity index (χ1n) is 7.31. The summed E-state index contributed by atoms with van der Waals surface area (Å²) in [5.41, 5.74) is 0.147. The largest absolute Gasteiger partial charge is 0.468 e. The van der Waals surface area contributed by atoms with Crippen LogP contribution < -0.4 is 5.32 Å². The van der Waals surface area contributed by atoms with Crippen LogP contribution in [0.1, 0.15) is 38.0 Å². The molecule has 3 atom stereocenters. The van der Waals surface area contributed by atoms with Gasteiger partial charge in [-0.3, -0.25) is 0 Å². The number of thioether (sulfide) groups is 1. The van der Waals surface area contributed by atoms with Gasteiger partial charge in [-0.2, -0.15) is 11.8 Å². The Morgan fingerprint density at radius 3 is 3.21 bits per heavy atom. The highest BCUT2D eigenvalue weighted by molar-refractivity contribution is 7.99. The van der Waals surface area contributed by atoms with Crippen LogP contribution in [-0.2, 0) is 4.74 Å². The third kappa shape index (κ3) is 2.86. The normalized spacial score (nSPS) is 32.8. The molecule has 2 saturated heterocycles. The van der Waals surface area contributed by atoms with E-state index in [1.54, 1.807) is 6.26 Å². The molecule has 1 N–H and O–H groups in total. The fourth-order valence-electron chi connectivity index (χ4n) is 3.40. The van der Waals surface area contributed by atoms with E-state index in [1.165, 1.54) is 24.3 Å². The van der Waals surface area contributed by atoms with Gasteiger partial charge in [0.2, 0.25) is 0 Å². The number of rotatable bonds is 4. The average Bonchev–Trinajstić information content (AvgIpc) is 3.08. The van der Waals surface area contributed by atoms with Gasteiger partial charge in [0.05, 0.1) is 17.9 Å². The van der Waals surface area contributed by atoms with Crippen molar-refractivity contribution in [3.8, 4) is 0 Å². The summed E-state index contributed by atoms with van der Waals surface area (Å²) in [5.74, 6) is 4.12. The Morgan fingerprint density at radius 2 is 2.53 bits per heavy atom. The van der Waals surface area contributed by atoms with Crippen molar-refractivity contribution in [2.75, 3.05) is 24.7 Å². The molecule has 0 aliphatic carbocycles. The van der Waals surface area contributed by atoms with Crippen molar-refractivity contribution in [3.63, 3.8) is 0 Å². The minimum absolute atomic E-state index is 0.147. The predicted octanol–water partition coefficient (Wildman–Crippen LogP) is 3.23. The van der Waals surface area contributed by atoms with Crippen molar-refractivity contribution in [2.24, 2.45) is 5.92 Å². The molecule has 0 amide bonds. The van der Waals surface area contributed by atoms with Gasteiger partial charge in [-0.05, 0) is 49.6 Å². The molecule has 4 heteroatoms. The highest BCUT2D eigenvalue weighted by Crippen LogP contribution is 2.44. The molecule has 19 heavy (non-hydrogen) atoms. The molecule has 3 nitrogen and oxygen atoms in total. The lowest BCUT2D eigenvalue weighted by molar-refractivity contribution is -0.0863. The van der Waals surface area contributed by atoms with Gasteiger partial charge in [-0.15, -0.1) is 0 Å². The topological polar surface area (TPSA) is 34.4 Å². The SMILES string of the molecule is CCNC(c1ccco1)C1CCOC2(CCSC2)C1. The van der Waals surface area contributed by atoms with Gasteiger partial charge in [-0.1, -0.05) is 6.92 Å². The standard InChI is InChI=1S/C15H23NO2S/c1-2-16-14(13-4-3-7-17-13)12-5-8-18-15(10-12)6-9-19-11-15/h3-4,7,12,14,16H,2,5-6,8-11H2,1H3. The van der Waals surface area contributed by atoms with Crippen LogP contribution in [0.15, 0.2) is 22.8 Å². The molecule has 0 aromatic carbocycles. The summed E-state index contributed by atoms with van der Waals surface area (Å²) in [4.78, 5) is 0. The van der Waals surface area contributed by atoms with Crippen LogP contribution in [0.2, 0.25) is 0 Å². The Bertz CT molecular complexity index is 387. The Labute approximate surface area is 119 Å². The fourth-order valence-corrected chi connectivity index (χ4v) is 4.78. The summed E-state index contributed by atoms with van der Waals surface area (Å²) in [5, 5.41) is 3.60. The molecule has 1 spiro atoms. The first-order valence-corrected chi connectivity index (χ1v) is 8.47. The smallest absolute Gasteiger partial charge is 0.120 e. The molecule has 2 aliphatic heterocycles. The van der Waals surface area contributed by atoms with Crippen molar-refractivity contribution in [1.29, 1.82) is 0 Å². The molecular weight excluding hydrogens is 258 g/mol. The summed E-state index contributed by atoms with van der Waals surface area (Å²) < 4.78 is 11.8. The number of furan rings is 1. The zero-order valence-electron chi connectivity index (χ0n) is 11.6. The lowest BCUT2D eigenvalue weighted by atomic mass is 9.80. The average molecular weight is 281 g/mol. The molecule has 3 heterocycles. The third-order valence-electron chi connectivity index (χ3n) is 4.34. The van der Waals surface area contributed by atoms with E-state index in [4.69, 9.17) is 9.15 Å². The van der Waals surface area contributed by atoms with Crippen LogP contribution in [0, 0.1) is 5.92 Å². The Hall–Kier alpha value is -0.450. The zero-order chi connectivity index (χ0) is 13.1. The summed E-state index contributed by atoms with van der Waals surface area (Å²) >= 11 is 2.04. The maximum Gasteiger partial charge on any atom is 0.120 e. The van der Waals surface area contributed by atoms with E-state index in [2.05, 4.69) is 18.3 Å². The molecule has 106 valence electrons. The molecule has 3 unspecified atom stereocenters. The minimum atomic E-state index is 0.147. The second-order valence-corrected chi connectivity index (χ2v) is 6.74. The lowest BCUT2D eigenvalue weighted by Crippen LogP contribution is -2.43. The highest BCUT2D eigenvalue weighted by Gasteiger charge is 2.43. The van der Waals surface area contributed by atoms with Gasteiger partial charge in [-0.25, -0.2) is 0 Å². The van der Waals surface area contributed by atoms with E-state index in [0.717, 1.165) is 25.3 Å². The first-order chi connectivity index (χ1) is 9.33. The quantitative estimate of drug-likeness (QED) is 0.919. The van der Waals surface area contributed by atoms with Crippen LogP contribution in [0.25, 0.3) is 0 Å². The number of hydrogen-bond acceptors (Lipinski definition) is 4. The maximum absolute atomic E-state index is 6.12.